The lowest BCUT2D eigenvalue weighted by atomic mass is 9.93. The first-order valence-electron chi connectivity index (χ1n) is 6.35. The number of rotatable bonds is 3. The number of hydrazine groups is 1. The third-order valence-electron chi connectivity index (χ3n) is 3.68. The van der Waals surface area contributed by atoms with Gasteiger partial charge in [-0.3, -0.25) is 4.90 Å². The van der Waals surface area contributed by atoms with Crippen molar-refractivity contribution in [1.29, 1.82) is 0 Å². The molecule has 2 unspecified atom stereocenters. The number of hydrogen-bond acceptors (Lipinski definition) is 4. The van der Waals surface area contributed by atoms with Gasteiger partial charge in [0.1, 0.15) is 5.82 Å². The number of piperidine rings is 1. The van der Waals surface area contributed by atoms with Crippen LogP contribution in [0, 0.1) is 5.92 Å². The molecular formula is C13H22N4. The quantitative estimate of drug-likeness (QED) is 0.620. The number of hydrogen-bond donors (Lipinski definition) is 2. The number of nitrogens with zero attached hydrogens (tertiary/aromatic N) is 2. The van der Waals surface area contributed by atoms with E-state index in [-0.39, 0.29) is 0 Å². The molecule has 0 amide bonds. The molecule has 4 heteroatoms. The average molecular weight is 234 g/mol. The average Bonchev–Trinajstić information content (AvgIpc) is 2.33. The lowest BCUT2D eigenvalue weighted by Gasteiger charge is -2.36. The van der Waals surface area contributed by atoms with Crippen LogP contribution in [0.3, 0.4) is 0 Å². The van der Waals surface area contributed by atoms with Gasteiger partial charge in [0.15, 0.2) is 0 Å². The van der Waals surface area contributed by atoms with E-state index in [0.29, 0.717) is 6.04 Å². The fourth-order valence-corrected chi connectivity index (χ4v) is 2.61. The van der Waals surface area contributed by atoms with E-state index in [1.807, 2.05) is 6.07 Å². The molecule has 0 aromatic carbocycles. The van der Waals surface area contributed by atoms with E-state index in [0.717, 1.165) is 18.3 Å². The van der Waals surface area contributed by atoms with Crippen molar-refractivity contribution < 1.29 is 0 Å². The van der Waals surface area contributed by atoms with E-state index in [1.54, 1.807) is 6.20 Å². The molecule has 4 nitrogen and oxygen atoms in total. The summed E-state index contributed by atoms with van der Waals surface area (Å²) in [6.45, 7) is 6.74. The van der Waals surface area contributed by atoms with Crippen molar-refractivity contribution in [2.75, 3.05) is 12.0 Å². The molecule has 1 aromatic heterocycles. The van der Waals surface area contributed by atoms with Crippen LogP contribution in [-0.4, -0.2) is 22.5 Å². The largest absolute Gasteiger partial charge is 0.308 e. The smallest absolute Gasteiger partial charge is 0.144 e. The minimum absolute atomic E-state index is 0.643. The van der Waals surface area contributed by atoms with Crippen molar-refractivity contribution in [1.82, 2.24) is 9.88 Å². The summed E-state index contributed by atoms with van der Waals surface area (Å²) in [6.07, 6.45) is 4.34. The highest BCUT2D eigenvalue weighted by Crippen LogP contribution is 2.24. The van der Waals surface area contributed by atoms with Gasteiger partial charge in [-0.05, 0) is 38.3 Å². The number of likely N-dealkylation sites (tertiary alicyclic amines) is 1. The van der Waals surface area contributed by atoms with Crippen molar-refractivity contribution in [2.24, 2.45) is 11.8 Å². The minimum atomic E-state index is 0.643. The van der Waals surface area contributed by atoms with Crippen molar-refractivity contribution >= 4 is 5.82 Å². The number of nitrogens with two attached hydrogens (primary N) is 1. The summed E-state index contributed by atoms with van der Waals surface area (Å²) in [7, 11) is 0. The summed E-state index contributed by atoms with van der Waals surface area (Å²) in [5.74, 6) is 7.12. The second kappa shape index (κ2) is 5.47. The zero-order valence-corrected chi connectivity index (χ0v) is 10.7. The predicted octanol–water partition coefficient (Wildman–Crippen LogP) is 1.99. The van der Waals surface area contributed by atoms with Crippen LogP contribution in [0.5, 0.6) is 0 Å². The summed E-state index contributed by atoms with van der Waals surface area (Å²) in [6, 6.07) is 4.70. The van der Waals surface area contributed by atoms with Gasteiger partial charge < -0.3 is 5.43 Å². The van der Waals surface area contributed by atoms with Crippen molar-refractivity contribution in [2.45, 2.75) is 39.3 Å². The van der Waals surface area contributed by atoms with E-state index in [4.69, 9.17) is 5.84 Å². The minimum Gasteiger partial charge on any atom is -0.308 e. The van der Waals surface area contributed by atoms with Crippen LogP contribution in [0.15, 0.2) is 18.3 Å². The molecule has 1 aromatic rings. The van der Waals surface area contributed by atoms with Gasteiger partial charge >= 0.3 is 0 Å². The Hall–Kier alpha value is -1.13. The molecular weight excluding hydrogens is 212 g/mol. The molecule has 1 aliphatic heterocycles. The Bertz CT molecular complexity index is 366. The lowest BCUT2D eigenvalue weighted by molar-refractivity contribution is 0.122. The van der Waals surface area contributed by atoms with Crippen molar-refractivity contribution in [3.63, 3.8) is 0 Å². The Morgan fingerprint density at radius 1 is 1.53 bits per heavy atom. The lowest BCUT2D eigenvalue weighted by Crippen LogP contribution is -2.39. The Morgan fingerprint density at radius 2 is 2.35 bits per heavy atom. The third kappa shape index (κ3) is 2.96. The Morgan fingerprint density at radius 3 is 3.06 bits per heavy atom. The highest BCUT2D eigenvalue weighted by molar-refractivity contribution is 5.42. The second-order valence-electron chi connectivity index (χ2n) is 5.10. The molecule has 17 heavy (non-hydrogen) atoms. The number of aromatic nitrogens is 1. The number of nitrogen functional groups attached to an aromatic ring is 1. The Kier molecular flexibility index (Phi) is 3.97. The fourth-order valence-electron chi connectivity index (χ4n) is 2.61. The van der Waals surface area contributed by atoms with Crippen LogP contribution in [0.2, 0.25) is 0 Å². The highest BCUT2D eigenvalue weighted by atomic mass is 15.3. The van der Waals surface area contributed by atoms with E-state index in [1.165, 1.54) is 24.9 Å². The molecule has 2 heterocycles. The Labute approximate surface area is 103 Å². The normalized spacial score (nSPS) is 25.8. The summed E-state index contributed by atoms with van der Waals surface area (Å²) in [4.78, 5) is 6.75. The van der Waals surface area contributed by atoms with Gasteiger partial charge in [0.05, 0.1) is 0 Å². The molecule has 94 valence electrons. The molecule has 0 bridgehead atoms. The van der Waals surface area contributed by atoms with Gasteiger partial charge in [-0.1, -0.05) is 13.0 Å². The molecule has 0 radical (unpaired) electrons. The third-order valence-corrected chi connectivity index (χ3v) is 3.68. The van der Waals surface area contributed by atoms with Crippen LogP contribution in [0.1, 0.15) is 32.3 Å². The van der Waals surface area contributed by atoms with E-state index < -0.39 is 0 Å². The number of pyridine rings is 1. The highest BCUT2D eigenvalue weighted by Gasteiger charge is 2.23. The van der Waals surface area contributed by atoms with Crippen molar-refractivity contribution in [3.05, 3.63) is 23.9 Å². The molecule has 1 fully saturated rings. The number of nitrogens with one attached hydrogen (secondary N) is 1. The van der Waals surface area contributed by atoms with Crippen LogP contribution >= 0.6 is 0 Å². The zero-order valence-electron chi connectivity index (χ0n) is 10.7. The van der Waals surface area contributed by atoms with Gasteiger partial charge in [0, 0.05) is 24.3 Å². The zero-order chi connectivity index (χ0) is 12.3. The van der Waals surface area contributed by atoms with E-state index >= 15 is 0 Å². The molecule has 1 saturated heterocycles. The molecule has 2 atom stereocenters. The Balaban J connectivity index is 2.05. The summed E-state index contributed by atoms with van der Waals surface area (Å²) >= 11 is 0. The standard InChI is InChI=1S/C13H22N4/c1-10-5-7-17(11(2)8-10)9-12-4-3-6-15-13(12)16-14/h3-4,6,10-11H,5,7-9,14H2,1-2H3,(H,15,16). The molecule has 0 spiro atoms. The first-order valence-corrected chi connectivity index (χ1v) is 6.35. The molecule has 3 N–H and O–H groups in total. The summed E-state index contributed by atoms with van der Waals surface area (Å²) < 4.78 is 0. The van der Waals surface area contributed by atoms with E-state index in [9.17, 15) is 0 Å². The molecule has 0 saturated carbocycles. The maximum Gasteiger partial charge on any atom is 0.144 e. The van der Waals surface area contributed by atoms with Gasteiger partial charge in [-0.25, -0.2) is 10.8 Å². The van der Waals surface area contributed by atoms with Crippen LogP contribution in [0.25, 0.3) is 0 Å². The molecule has 2 rings (SSSR count). The van der Waals surface area contributed by atoms with Crippen LogP contribution in [-0.2, 0) is 6.54 Å². The van der Waals surface area contributed by atoms with Gasteiger partial charge in [-0.15, -0.1) is 0 Å². The number of anilines is 1. The van der Waals surface area contributed by atoms with Crippen molar-refractivity contribution in [3.8, 4) is 0 Å². The first kappa shape index (κ1) is 12.3. The topological polar surface area (TPSA) is 54.2 Å². The maximum absolute atomic E-state index is 5.48. The SMILES string of the molecule is CC1CCN(Cc2cccnc2NN)C(C)C1. The van der Waals surface area contributed by atoms with Crippen LogP contribution in [0.4, 0.5) is 5.82 Å². The monoisotopic (exact) mass is 234 g/mol. The molecule has 0 aliphatic carbocycles. The first-order chi connectivity index (χ1) is 8.20. The van der Waals surface area contributed by atoms with Gasteiger partial charge in [0.25, 0.3) is 0 Å². The van der Waals surface area contributed by atoms with Gasteiger partial charge in [0.2, 0.25) is 0 Å². The predicted molar refractivity (Wildman–Crippen MR) is 70.3 cm³/mol. The molecule has 1 aliphatic rings. The fraction of sp³-hybridized carbons (Fsp3) is 0.615. The van der Waals surface area contributed by atoms with Gasteiger partial charge in [-0.2, -0.15) is 0 Å². The van der Waals surface area contributed by atoms with E-state index in [2.05, 4.69) is 35.2 Å². The summed E-state index contributed by atoms with van der Waals surface area (Å²) in [5.41, 5.74) is 3.85. The van der Waals surface area contributed by atoms with Crippen LogP contribution < -0.4 is 11.3 Å². The second-order valence-corrected chi connectivity index (χ2v) is 5.10. The summed E-state index contributed by atoms with van der Waals surface area (Å²) in [5, 5.41) is 0. The maximum atomic E-state index is 5.48.